The maximum atomic E-state index is 13.4. The van der Waals surface area contributed by atoms with Crippen molar-refractivity contribution in [1.82, 2.24) is 5.32 Å². The third-order valence-corrected chi connectivity index (χ3v) is 7.52. The molecular weight excluding hydrogens is 544 g/mol. The SMILES string of the molecule is COc1ccccc1N1CCN(c2ccc(NC(=O)COc3ccc(Cl)cc3)cc2C(=O)NC[C@H]2CCCO2)CC1. The molecule has 216 valence electrons. The van der Waals surface area contributed by atoms with Crippen LogP contribution >= 0.6 is 11.6 Å². The number of nitrogens with one attached hydrogen (secondary N) is 2. The Morgan fingerprint density at radius 3 is 2.41 bits per heavy atom. The average Bonchev–Trinajstić information content (AvgIpc) is 3.53. The van der Waals surface area contributed by atoms with E-state index in [1.807, 2.05) is 30.3 Å². The predicted octanol–water partition coefficient (Wildman–Crippen LogP) is 4.60. The van der Waals surface area contributed by atoms with Gasteiger partial charge in [-0.3, -0.25) is 9.59 Å². The van der Waals surface area contributed by atoms with Crippen molar-refractivity contribution in [2.24, 2.45) is 0 Å². The first-order valence-electron chi connectivity index (χ1n) is 13.8. The molecule has 2 saturated heterocycles. The van der Waals surface area contributed by atoms with Crippen LogP contribution in [0.25, 0.3) is 0 Å². The van der Waals surface area contributed by atoms with Crippen LogP contribution in [0.1, 0.15) is 23.2 Å². The first kappa shape index (κ1) is 28.6. The van der Waals surface area contributed by atoms with Gasteiger partial charge in [0, 0.05) is 55.7 Å². The van der Waals surface area contributed by atoms with Crippen molar-refractivity contribution in [3.8, 4) is 11.5 Å². The van der Waals surface area contributed by atoms with E-state index in [4.69, 9.17) is 25.8 Å². The third kappa shape index (κ3) is 7.42. The van der Waals surface area contributed by atoms with E-state index in [2.05, 4.69) is 26.5 Å². The molecule has 2 aliphatic heterocycles. The lowest BCUT2D eigenvalue weighted by Crippen LogP contribution is -2.47. The van der Waals surface area contributed by atoms with Crippen molar-refractivity contribution in [2.45, 2.75) is 18.9 Å². The van der Waals surface area contributed by atoms with Crippen LogP contribution in [0.15, 0.2) is 66.7 Å². The van der Waals surface area contributed by atoms with E-state index in [-0.39, 0.29) is 24.5 Å². The number of anilines is 3. The van der Waals surface area contributed by atoms with Gasteiger partial charge < -0.3 is 34.6 Å². The quantitative estimate of drug-likeness (QED) is 0.363. The van der Waals surface area contributed by atoms with Gasteiger partial charge in [-0.25, -0.2) is 0 Å². The number of para-hydroxylation sites is 2. The van der Waals surface area contributed by atoms with Crippen molar-refractivity contribution in [2.75, 3.05) is 68.2 Å². The zero-order chi connectivity index (χ0) is 28.6. The zero-order valence-electron chi connectivity index (χ0n) is 23.1. The Morgan fingerprint density at radius 1 is 0.976 bits per heavy atom. The first-order chi connectivity index (χ1) is 20.0. The molecule has 0 bridgehead atoms. The maximum Gasteiger partial charge on any atom is 0.262 e. The molecule has 10 heteroatoms. The number of rotatable bonds is 10. The number of piperazine rings is 1. The minimum Gasteiger partial charge on any atom is -0.495 e. The number of hydrogen-bond donors (Lipinski definition) is 2. The highest BCUT2D eigenvalue weighted by Crippen LogP contribution is 2.31. The summed E-state index contributed by atoms with van der Waals surface area (Å²) in [5, 5.41) is 6.48. The number of nitrogens with zero attached hydrogens (tertiary/aromatic N) is 2. The number of carbonyl (C=O) groups excluding carboxylic acids is 2. The molecule has 0 aromatic heterocycles. The highest BCUT2D eigenvalue weighted by Gasteiger charge is 2.25. The Bertz CT molecular complexity index is 1340. The summed E-state index contributed by atoms with van der Waals surface area (Å²) >= 11 is 5.91. The highest BCUT2D eigenvalue weighted by atomic mass is 35.5. The minimum absolute atomic E-state index is 0.0275. The van der Waals surface area contributed by atoms with Gasteiger partial charge in [0.15, 0.2) is 6.61 Å². The van der Waals surface area contributed by atoms with Gasteiger partial charge in [0.2, 0.25) is 0 Å². The molecule has 2 aliphatic rings. The lowest BCUT2D eigenvalue weighted by molar-refractivity contribution is -0.118. The van der Waals surface area contributed by atoms with Gasteiger partial charge in [-0.15, -0.1) is 0 Å². The number of methoxy groups -OCH3 is 1. The predicted molar refractivity (Wildman–Crippen MR) is 161 cm³/mol. The minimum atomic E-state index is -0.330. The molecule has 2 heterocycles. The van der Waals surface area contributed by atoms with Crippen molar-refractivity contribution < 1.29 is 23.8 Å². The van der Waals surface area contributed by atoms with Crippen molar-refractivity contribution >= 4 is 40.5 Å². The Balaban J connectivity index is 1.28. The highest BCUT2D eigenvalue weighted by molar-refractivity contribution is 6.30. The summed E-state index contributed by atoms with van der Waals surface area (Å²) in [6, 6.07) is 20.2. The summed E-state index contributed by atoms with van der Waals surface area (Å²) in [5.41, 5.74) is 2.91. The maximum absolute atomic E-state index is 13.4. The summed E-state index contributed by atoms with van der Waals surface area (Å²) in [4.78, 5) is 30.6. The van der Waals surface area contributed by atoms with Gasteiger partial charge >= 0.3 is 0 Å². The van der Waals surface area contributed by atoms with E-state index in [1.54, 1.807) is 37.4 Å². The van der Waals surface area contributed by atoms with Crippen LogP contribution in [0.5, 0.6) is 11.5 Å². The Hall–Kier alpha value is -3.95. The van der Waals surface area contributed by atoms with E-state index in [0.717, 1.165) is 62.8 Å². The fraction of sp³-hybridized carbons (Fsp3) is 0.355. The van der Waals surface area contributed by atoms with Gasteiger partial charge in [-0.1, -0.05) is 23.7 Å². The van der Waals surface area contributed by atoms with Crippen molar-refractivity contribution in [3.63, 3.8) is 0 Å². The summed E-state index contributed by atoms with van der Waals surface area (Å²) in [7, 11) is 1.68. The number of ether oxygens (including phenoxy) is 3. The standard InChI is InChI=1S/C31H35ClN4O5/c1-39-29-7-3-2-6-28(29)36-16-14-35(15-17-36)27-13-10-23(19-26(27)31(38)33-20-25-5-4-18-40-25)34-30(37)21-41-24-11-8-22(32)9-12-24/h2-3,6-13,19,25H,4-5,14-18,20-21H2,1H3,(H,33,38)(H,34,37)/t25-/m1/s1. The molecule has 2 N–H and O–H groups in total. The molecule has 0 saturated carbocycles. The second kappa shape index (κ2) is 13.6. The van der Waals surface area contributed by atoms with Gasteiger partial charge in [0.1, 0.15) is 11.5 Å². The molecule has 3 aromatic rings. The molecule has 0 aliphatic carbocycles. The van der Waals surface area contributed by atoms with E-state index < -0.39 is 0 Å². The number of amides is 2. The average molecular weight is 579 g/mol. The van der Waals surface area contributed by atoms with E-state index in [0.29, 0.717) is 28.6 Å². The first-order valence-corrected chi connectivity index (χ1v) is 14.2. The Kier molecular flexibility index (Phi) is 9.48. The molecule has 3 aromatic carbocycles. The molecule has 0 spiro atoms. The topological polar surface area (TPSA) is 92.4 Å². The van der Waals surface area contributed by atoms with Crippen LogP contribution < -0.4 is 29.9 Å². The van der Waals surface area contributed by atoms with Crippen LogP contribution in [-0.4, -0.2) is 71.0 Å². The lowest BCUT2D eigenvalue weighted by Gasteiger charge is -2.38. The van der Waals surface area contributed by atoms with Gasteiger partial charge in [-0.2, -0.15) is 0 Å². The Labute approximate surface area is 245 Å². The molecule has 2 amide bonds. The molecule has 0 radical (unpaired) electrons. The van der Waals surface area contributed by atoms with Crippen LogP contribution in [0.3, 0.4) is 0 Å². The summed E-state index contributed by atoms with van der Waals surface area (Å²) in [5.74, 6) is 0.858. The molecular formula is C31H35ClN4O5. The molecule has 9 nitrogen and oxygen atoms in total. The summed E-state index contributed by atoms with van der Waals surface area (Å²) < 4.78 is 16.8. The second-order valence-corrected chi connectivity index (χ2v) is 10.5. The molecule has 0 unspecified atom stereocenters. The second-order valence-electron chi connectivity index (χ2n) is 10.0. The zero-order valence-corrected chi connectivity index (χ0v) is 23.9. The third-order valence-electron chi connectivity index (χ3n) is 7.27. The van der Waals surface area contributed by atoms with Gasteiger partial charge in [0.05, 0.1) is 24.5 Å². The van der Waals surface area contributed by atoms with Crippen molar-refractivity contribution in [3.05, 3.63) is 77.3 Å². The fourth-order valence-electron chi connectivity index (χ4n) is 5.13. The number of benzene rings is 3. The molecule has 41 heavy (non-hydrogen) atoms. The van der Waals surface area contributed by atoms with Gasteiger partial charge in [-0.05, 0) is 67.4 Å². The smallest absolute Gasteiger partial charge is 0.262 e. The van der Waals surface area contributed by atoms with Crippen LogP contribution in [0.2, 0.25) is 5.02 Å². The normalized spacial score (nSPS) is 16.8. The largest absolute Gasteiger partial charge is 0.495 e. The molecule has 1 atom stereocenters. The van der Waals surface area contributed by atoms with E-state index >= 15 is 0 Å². The lowest BCUT2D eigenvalue weighted by atomic mass is 10.1. The van der Waals surface area contributed by atoms with Crippen LogP contribution in [0.4, 0.5) is 17.1 Å². The number of hydrogen-bond acceptors (Lipinski definition) is 7. The van der Waals surface area contributed by atoms with Crippen molar-refractivity contribution in [1.29, 1.82) is 0 Å². The van der Waals surface area contributed by atoms with Crippen LogP contribution in [0, 0.1) is 0 Å². The van der Waals surface area contributed by atoms with Crippen LogP contribution in [-0.2, 0) is 9.53 Å². The van der Waals surface area contributed by atoms with E-state index in [9.17, 15) is 9.59 Å². The fourth-order valence-corrected chi connectivity index (χ4v) is 5.26. The van der Waals surface area contributed by atoms with E-state index in [1.165, 1.54) is 0 Å². The summed E-state index contributed by atoms with van der Waals surface area (Å²) in [6.07, 6.45) is 1.96. The number of carbonyl (C=O) groups is 2. The molecule has 5 rings (SSSR count). The molecule has 2 fully saturated rings. The Morgan fingerprint density at radius 2 is 1.71 bits per heavy atom. The number of halogens is 1. The summed E-state index contributed by atoms with van der Waals surface area (Å²) in [6.45, 7) is 4.01. The monoisotopic (exact) mass is 578 g/mol. The van der Waals surface area contributed by atoms with Gasteiger partial charge in [0.25, 0.3) is 11.8 Å².